The third kappa shape index (κ3) is 4.24. The maximum Gasteiger partial charge on any atom is 0.437 e. The van der Waals surface area contributed by atoms with Crippen molar-refractivity contribution in [2.75, 3.05) is 7.11 Å². The fourth-order valence-corrected chi connectivity index (χ4v) is 4.02. The molecular formula is C23H18F3N3O7. The van der Waals surface area contributed by atoms with Crippen molar-refractivity contribution in [2.24, 2.45) is 5.92 Å². The normalized spacial score (nSPS) is 21.9. The third-order valence-electron chi connectivity index (χ3n) is 5.76. The van der Waals surface area contributed by atoms with Gasteiger partial charge >= 0.3 is 12.2 Å². The third-order valence-corrected chi connectivity index (χ3v) is 5.76. The van der Waals surface area contributed by atoms with Gasteiger partial charge in [-0.2, -0.15) is 13.2 Å². The van der Waals surface area contributed by atoms with E-state index in [9.17, 15) is 38.0 Å². The number of amides is 2. The number of ketones is 1. The molecule has 3 N–H and O–H groups in total. The number of urea groups is 1. The first kappa shape index (κ1) is 24.7. The number of alkyl halides is 3. The van der Waals surface area contributed by atoms with E-state index in [0.717, 1.165) is 0 Å². The van der Waals surface area contributed by atoms with Crippen LogP contribution in [0.1, 0.15) is 22.2 Å². The van der Waals surface area contributed by atoms with Crippen molar-refractivity contribution in [1.82, 2.24) is 10.6 Å². The van der Waals surface area contributed by atoms with Crippen molar-refractivity contribution < 1.29 is 41.9 Å². The van der Waals surface area contributed by atoms with Gasteiger partial charge in [0, 0.05) is 11.6 Å². The number of nitro groups is 1. The minimum Gasteiger partial charge on any atom is -0.497 e. The molecule has 4 rings (SSSR count). The van der Waals surface area contributed by atoms with Crippen LogP contribution in [0, 0.1) is 16.0 Å². The van der Waals surface area contributed by atoms with Crippen LogP contribution in [0.3, 0.4) is 0 Å². The number of nitro benzene ring substituents is 1. The summed E-state index contributed by atoms with van der Waals surface area (Å²) in [6.07, 6.45) is -5.45. The molecule has 13 heteroatoms. The lowest BCUT2D eigenvalue weighted by atomic mass is 9.79. The number of rotatable bonds is 6. The summed E-state index contributed by atoms with van der Waals surface area (Å²) in [6.45, 7) is 0. The van der Waals surface area contributed by atoms with Crippen LogP contribution < -0.4 is 15.4 Å². The van der Waals surface area contributed by atoms with Gasteiger partial charge in [0.2, 0.25) is 5.72 Å². The van der Waals surface area contributed by atoms with E-state index in [-0.39, 0.29) is 28.3 Å². The lowest BCUT2D eigenvalue weighted by Crippen LogP contribution is -2.72. The second-order valence-corrected chi connectivity index (χ2v) is 7.89. The molecule has 0 aliphatic carbocycles. The molecule has 1 aromatic heterocycles. The molecule has 10 nitrogen and oxygen atoms in total. The SMILES string of the molecule is COc1ccc(C(=O)[C@@H]2[C@@H](c3ccc(-c4ccccc4[N+](=O)[O-])o3)NC(=O)N[C@@]2(O)C(F)(F)F)cc1. The van der Waals surface area contributed by atoms with Gasteiger partial charge in [-0.3, -0.25) is 14.9 Å². The Labute approximate surface area is 200 Å². The number of carbonyl (C=O) groups excluding carboxylic acids is 2. The molecule has 0 spiro atoms. The van der Waals surface area contributed by atoms with Crippen molar-refractivity contribution in [3.8, 4) is 17.1 Å². The van der Waals surface area contributed by atoms with Crippen LogP contribution in [-0.2, 0) is 0 Å². The summed E-state index contributed by atoms with van der Waals surface area (Å²) in [7, 11) is 1.36. The summed E-state index contributed by atoms with van der Waals surface area (Å²) in [5, 5.41) is 25.7. The summed E-state index contributed by atoms with van der Waals surface area (Å²) in [4.78, 5) is 36.2. The Kier molecular flexibility index (Phi) is 6.18. The molecule has 1 saturated heterocycles. The smallest absolute Gasteiger partial charge is 0.437 e. The van der Waals surface area contributed by atoms with E-state index < -0.39 is 40.6 Å². The van der Waals surface area contributed by atoms with E-state index in [2.05, 4.69) is 5.32 Å². The summed E-state index contributed by atoms with van der Waals surface area (Å²) in [5.41, 5.74) is -4.46. The number of furan rings is 1. The highest BCUT2D eigenvalue weighted by molar-refractivity contribution is 6.00. The van der Waals surface area contributed by atoms with Crippen molar-refractivity contribution in [3.05, 3.63) is 82.1 Å². The Morgan fingerprint density at radius 2 is 1.81 bits per heavy atom. The second kappa shape index (κ2) is 9.00. The van der Waals surface area contributed by atoms with Crippen LogP contribution in [0.4, 0.5) is 23.7 Å². The zero-order valence-electron chi connectivity index (χ0n) is 18.4. The lowest BCUT2D eigenvalue weighted by molar-refractivity contribution is -0.384. The van der Waals surface area contributed by atoms with Crippen molar-refractivity contribution in [2.45, 2.75) is 17.9 Å². The number of ether oxygens (including phenoxy) is 1. The number of halogens is 3. The highest BCUT2D eigenvalue weighted by Gasteiger charge is 2.66. The first-order valence-electron chi connectivity index (χ1n) is 10.4. The van der Waals surface area contributed by atoms with Crippen LogP contribution in [0.5, 0.6) is 5.75 Å². The largest absolute Gasteiger partial charge is 0.497 e. The number of nitrogens with one attached hydrogen (secondary N) is 2. The molecule has 0 saturated carbocycles. The number of aliphatic hydroxyl groups is 1. The van der Waals surface area contributed by atoms with Gasteiger partial charge in [0.05, 0.1) is 17.6 Å². The van der Waals surface area contributed by atoms with Crippen LogP contribution >= 0.6 is 0 Å². The van der Waals surface area contributed by atoms with Crippen molar-refractivity contribution >= 4 is 17.5 Å². The van der Waals surface area contributed by atoms with E-state index >= 15 is 0 Å². The Morgan fingerprint density at radius 1 is 1.14 bits per heavy atom. The quantitative estimate of drug-likeness (QED) is 0.261. The molecule has 1 aliphatic rings. The molecular weight excluding hydrogens is 487 g/mol. The molecule has 3 aromatic rings. The molecule has 0 unspecified atom stereocenters. The first-order chi connectivity index (χ1) is 17.0. The number of carbonyl (C=O) groups is 2. The molecule has 1 aliphatic heterocycles. The van der Waals surface area contributed by atoms with Gasteiger partial charge in [-0.25, -0.2) is 4.79 Å². The van der Waals surface area contributed by atoms with Gasteiger partial charge < -0.3 is 24.9 Å². The maximum absolute atomic E-state index is 14.1. The van der Waals surface area contributed by atoms with E-state index in [1.165, 1.54) is 73.1 Å². The van der Waals surface area contributed by atoms with Gasteiger partial charge in [-0.1, -0.05) is 12.1 Å². The van der Waals surface area contributed by atoms with Crippen LogP contribution in [-0.4, -0.2) is 40.9 Å². The molecule has 0 radical (unpaired) electrons. The fraction of sp³-hybridized carbons (Fsp3) is 0.217. The Morgan fingerprint density at radius 3 is 2.42 bits per heavy atom. The van der Waals surface area contributed by atoms with Crippen molar-refractivity contribution in [3.63, 3.8) is 0 Å². The van der Waals surface area contributed by atoms with Gasteiger partial charge in [0.15, 0.2) is 5.78 Å². The Balaban J connectivity index is 1.82. The summed E-state index contributed by atoms with van der Waals surface area (Å²) < 4.78 is 52.8. The average molecular weight is 505 g/mol. The number of methoxy groups -OCH3 is 1. The van der Waals surface area contributed by atoms with Gasteiger partial charge in [0.25, 0.3) is 5.69 Å². The molecule has 188 valence electrons. The Bertz CT molecular complexity index is 1320. The minimum atomic E-state index is -5.45. The van der Waals surface area contributed by atoms with E-state index in [0.29, 0.717) is 5.75 Å². The first-order valence-corrected chi connectivity index (χ1v) is 10.4. The molecule has 2 amide bonds. The van der Waals surface area contributed by atoms with Crippen molar-refractivity contribution in [1.29, 1.82) is 0 Å². The van der Waals surface area contributed by atoms with Gasteiger partial charge in [-0.15, -0.1) is 0 Å². The van der Waals surface area contributed by atoms with Crippen LogP contribution in [0.15, 0.2) is 65.1 Å². The van der Waals surface area contributed by atoms with Crippen LogP contribution in [0.2, 0.25) is 0 Å². The highest BCUT2D eigenvalue weighted by atomic mass is 19.4. The molecule has 0 bridgehead atoms. The highest BCUT2D eigenvalue weighted by Crippen LogP contribution is 2.45. The number of Topliss-reactive ketones (excluding diaryl/α,β-unsaturated/α-hetero) is 1. The summed E-state index contributed by atoms with van der Waals surface area (Å²) >= 11 is 0. The molecule has 3 atom stereocenters. The standard InChI is InChI=1S/C23H18F3N3O7/c1-35-13-8-6-12(7-9-13)20(30)18-19(27-21(31)28-22(18,32)23(24,25)26)17-11-10-16(36-17)14-4-2-3-5-15(14)29(33)34/h2-11,18-19,32H,1H3,(H2,27,28,31)/t18-,19+,22-/m0/s1. The molecule has 2 aromatic carbocycles. The monoisotopic (exact) mass is 505 g/mol. The molecule has 36 heavy (non-hydrogen) atoms. The molecule has 1 fully saturated rings. The number of para-hydroxylation sites is 1. The topological polar surface area (TPSA) is 144 Å². The second-order valence-electron chi connectivity index (χ2n) is 7.89. The average Bonchev–Trinajstić information content (AvgIpc) is 3.33. The van der Waals surface area contributed by atoms with E-state index in [4.69, 9.17) is 9.15 Å². The minimum absolute atomic E-state index is 0.0260. The number of nitrogens with zero attached hydrogens (tertiary/aromatic N) is 1. The summed E-state index contributed by atoms with van der Waals surface area (Å²) in [6, 6.07) is 9.88. The number of hydrogen-bond acceptors (Lipinski definition) is 7. The number of hydrogen-bond donors (Lipinski definition) is 3. The Hall–Kier alpha value is -4.39. The van der Waals surface area contributed by atoms with E-state index in [1.807, 2.05) is 0 Å². The number of benzene rings is 2. The van der Waals surface area contributed by atoms with Gasteiger partial charge in [0.1, 0.15) is 29.2 Å². The van der Waals surface area contributed by atoms with Crippen LogP contribution in [0.25, 0.3) is 11.3 Å². The predicted molar refractivity (Wildman–Crippen MR) is 117 cm³/mol. The fourth-order valence-electron chi connectivity index (χ4n) is 4.02. The zero-order chi connectivity index (χ0) is 26.3. The zero-order valence-corrected chi connectivity index (χ0v) is 18.4. The predicted octanol–water partition coefficient (Wildman–Crippen LogP) is 3.97. The summed E-state index contributed by atoms with van der Waals surface area (Å²) in [5.74, 6) is -3.56. The molecule has 2 heterocycles. The maximum atomic E-state index is 14.1. The van der Waals surface area contributed by atoms with Gasteiger partial charge in [-0.05, 0) is 42.5 Å². The van der Waals surface area contributed by atoms with E-state index in [1.54, 1.807) is 0 Å². The lowest BCUT2D eigenvalue weighted by Gasteiger charge is -2.44.